The summed E-state index contributed by atoms with van der Waals surface area (Å²) < 4.78 is 0. The Morgan fingerprint density at radius 3 is 2.62 bits per heavy atom. The van der Waals surface area contributed by atoms with Crippen molar-refractivity contribution in [2.45, 2.75) is 58.4 Å². The molecule has 0 spiro atoms. The Balaban J connectivity index is 2.43. The van der Waals surface area contributed by atoms with Crippen molar-refractivity contribution in [2.24, 2.45) is 5.92 Å². The van der Waals surface area contributed by atoms with Crippen LogP contribution in [0.2, 0.25) is 0 Å². The van der Waals surface area contributed by atoms with Crippen LogP contribution < -0.4 is 0 Å². The molecular formula is C13H25NO2. The fourth-order valence-electron chi connectivity index (χ4n) is 2.01. The lowest BCUT2D eigenvalue weighted by Gasteiger charge is -2.38. The summed E-state index contributed by atoms with van der Waals surface area (Å²) in [6, 6.07) is 0.461. The average molecular weight is 227 g/mol. The highest BCUT2D eigenvalue weighted by atomic mass is 16.3. The summed E-state index contributed by atoms with van der Waals surface area (Å²) in [5.41, 5.74) is 0. The van der Waals surface area contributed by atoms with E-state index < -0.39 is 0 Å². The quantitative estimate of drug-likeness (QED) is 0.724. The van der Waals surface area contributed by atoms with Gasteiger partial charge in [0.05, 0.1) is 0 Å². The normalized spacial score (nSPS) is 17.9. The summed E-state index contributed by atoms with van der Waals surface area (Å²) in [6.07, 6.45) is 5.98. The molecule has 0 aliphatic heterocycles. The van der Waals surface area contributed by atoms with Crippen molar-refractivity contribution in [3.63, 3.8) is 0 Å². The number of nitrogens with zero attached hydrogens (tertiary/aromatic N) is 1. The van der Waals surface area contributed by atoms with Crippen molar-refractivity contribution in [3.8, 4) is 0 Å². The van der Waals surface area contributed by atoms with Crippen LogP contribution in [0.1, 0.15) is 52.4 Å². The van der Waals surface area contributed by atoms with Crippen LogP contribution >= 0.6 is 0 Å². The van der Waals surface area contributed by atoms with E-state index in [1.165, 1.54) is 6.42 Å². The number of hydrogen-bond acceptors (Lipinski definition) is 2. The molecule has 0 saturated heterocycles. The second-order valence-electron chi connectivity index (χ2n) is 4.97. The number of carbonyl (C=O) groups is 1. The minimum atomic E-state index is 0.180. The van der Waals surface area contributed by atoms with E-state index in [9.17, 15) is 4.79 Å². The lowest BCUT2D eigenvalue weighted by Crippen LogP contribution is -2.45. The van der Waals surface area contributed by atoms with E-state index >= 15 is 0 Å². The van der Waals surface area contributed by atoms with E-state index in [-0.39, 0.29) is 12.5 Å². The summed E-state index contributed by atoms with van der Waals surface area (Å²) in [5, 5.41) is 8.86. The highest BCUT2D eigenvalue weighted by molar-refractivity contribution is 5.76. The Morgan fingerprint density at radius 1 is 1.50 bits per heavy atom. The Morgan fingerprint density at radius 2 is 2.19 bits per heavy atom. The second-order valence-corrected chi connectivity index (χ2v) is 4.97. The van der Waals surface area contributed by atoms with Gasteiger partial charge in [0, 0.05) is 25.6 Å². The third-order valence-electron chi connectivity index (χ3n) is 3.61. The first kappa shape index (κ1) is 13.5. The number of carbonyl (C=O) groups excluding carboxylic acids is 1. The van der Waals surface area contributed by atoms with E-state index in [1.54, 1.807) is 0 Å². The van der Waals surface area contributed by atoms with Gasteiger partial charge in [-0.05, 0) is 31.6 Å². The van der Waals surface area contributed by atoms with E-state index in [0.29, 0.717) is 24.8 Å². The van der Waals surface area contributed by atoms with Gasteiger partial charge in [-0.25, -0.2) is 0 Å². The van der Waals surface area contributed by atoms with Crippen LogP contribution in [0.25, 0.3) is 0 Å². The van der Waals surface area contributed by atoms with Crippen molar-refractivity contribution < 1.29 is 9.90 Å². The highest BCUT2D eigenvalue weighted by Gasteiger charge is 2.28. The number of rotatable bonds is 7. The molecular weight excluding hydrogens is 202 g/mol. The van der Waals surface area contributed by atoms with E-state index in [0.717, 1.165) is 25.8 Å². The van der Waals surface area contributed by atoms with Gasteiger partial charge in [0.15, 0.2) is 0 Å². The molecule has 3 nitrogen and oxygen atoms in total. The molecule has 1 saturated carbocycles. The standard InChI is InChI=1S/C13H25NO2/c1-3-11(2)10-13(16)14(8-5-9-15)12-6-4-7-12/h11-12,15H,3-10H2,1-2H3. The Hall–Kier alpha value is -0.570. The molecule has 0 heterocycles. The number of amides is 1. The molecule has 1 aliphatic carbocycles. The summed E-state index contributed by atoms with van der Waals surface area (Å²) in [4.78, 5) is 14.1. The van der Waals surface area contributed by atoms with E-state index in [2.05, 4.69) is 13.8 Å². The number of aliphatic hydroxyl groups excluding tert-OH is 1. The Labute approximate surface area is 98.8 Å². The maximum absolute atomic E-state index is 12.1. The fourth-order valence-corrected chi connectivity index (χ4v) is 2.01. The molecule has 1 fully saturated rings. The predicted octanol–water partition coefficient (Wildman–Crippen LogP) is 2.19. The van der Waals surface area contributed by atoms with Gasteiger partial charge in [0.25, 0.3) is 0 Å². The monoisotopic (exact) mass is 227 g/mol. The molecule has 0 radical (unpaired) electrons. The molecule has 3 heteroatoms. The highest BCUT2D eigenvalue weighted by Crippen LogP contribution is 2.26. The fraction of sp³-hybridized carbons (Fsp3) is 0.923. The van der Waals surface area contributed by atoms with Gasteiger partial charge < -0.3 is 10.0 Å². The molecule has 94 valence electrons. The summed E-state index contributed by atoms with van der Waals surface area (Å²) in [7, 11) is 0. The van der Waals surface area contributed by atoms with E-state index in [4.69, 9.17) is 5.11 Å². The van der Waals surface area contributed by atoms with Gasteiger partial charge in [0.1, 0.15) is 0 Å². The second kappa shape index (κ2) is 6.89. The van der Waals surface area contributed by atoms with Crippen LogP contribution in [0, 0.1) is 5.92 Å². The molecule has 0 aromatic heterocycles. The lowest BCUT2D eigenvalue weighted by molar-refractivity contribution is -0.136. The SMILES string of the molecule is CCC(C)CC(=O)N(CCCO)C1CCC1. The molecule has 1 rings (SSSR count). The third-order valence-corrected chi connectivity index (χ3v) is 3.61. The zero-order valence-electron chi connectivity index (χ0n) is 10.6. The van der Waals surface area contributed by atoms with Crippen molar-refractivity contribution in [1.82, 2.24) is 4.90 Å². The largest absolute Gasteiger partial charge is 0.396 e. The first-order chi connectivity index (χ1) is 7.69. The van der Waals surface area contributed by atoms with Gasteiger partial charge in [-0.1, -0.05) is 20.3 Å². The molecule has 0 bridgehead atoms. The Bertz CT molecular complexity index is 214. The minimum absolute atomic E-state index is 0.180. The molecule has 1 aliphatic rings. The third kappa shape index (κ3) is 3.78. The van der Waals surface area contributed by atoms with Crippen LogP contribution in [0.5, 0.6) is 0 Å². The molecule has 0 aromatic rings. The lowest BCUT2D eigenvalue weighted by atomic mass is 9.90. The average Bonchev–Trinajstić information content (AvgIpc) is 2.20. The Kier molecular flexibility index (Phi) is 5.81. The van der Waals surface area contributed by atoms with Crippen LogP contribution in [0.15, 0.2) is 0 Å². The zero-order valence-corrected chi connectivity index (χ0v) is 10.6. The predicted molar refractivity (Wildman–Crippen MR) is 65.1 cm³/mol. The van der Waals surface area contributed by atoms with Crippen molar-refractivity contribution in [3.05, 3.63) is 0 Å². The van der Waals surface area contributed by atoms with Gasteiger partial charge in [0.2, 0.25) is 5.91 Å². The smallest absolute Gasteiger partial charge is 0.223 e. The number of hydrogen-bond donors (Lipinski definition) is 1. The first-order valence-corrected chi connectivity index (χ1v) is 6.59. The summed E-state index contributed by atoms with van der Waals surface area (Å²) in [5.74, 6) is 0.761. The van der Waals surface area contributed by atoms with Crippen molar-refractivity contribution in [2.75, 3.05) is 13.2 Å². The van der Waals surface area contributed by atoms with Crippen LogP contribution in [0.3, 0.4) is 0 Å². The van der Waals surface area contributed by atoms with Crippen LogP contribution in [0.4, 0.5) is 0 Å². The van der Waals surface area contributed by atoms with Crippen LogP contribution in [-0.2, 0) is 4.79 Å². The maximum atomic E-state index is 12.1. The maximum Gasteiger partial charge on any atom is 0.223 e. The van der Waals surface area contributed by atoms with Crippen molar-refractivity contribution >= 4 is 5.91 Å². The van der Waals surface area contributed by atoms with E-state index in [1.807, 2.05) is 4.90 Å². The summed E-state index contributed by atoms with van der Waals surface area (Å²) in [6.45, 7) is 5.17. The molecule has 1 amide bonds. The molecule has 16 heavy (non-hydrogen) atoms. The van der Waals surface area contributed by atoms with Gasteiger partial charge >= 0.3 is 0 Å². The molecule has 1 N–H and O–H groups in total. The van der Waals surface area contributed by atoms with Crippen LogP contribution in [-0.4, -0.2) is 35.1 Å². The minimum Gasteiger partial charge on any atom is -0.396 e. The number of aliphatic hydroxyl groups is 1. The zero-order chi connectivity index (χ0) is 12.0. The molecule has 0 aromatic carbocycles. The first-order valence-electron chi connectivity index (χ1n) is 6.59. The molecule has 1 unspecified atom stereocenters. The van der Waals surface area contributed by atoms with Crippen molar-refractivity contribution in [1.29, 1.82) is 0 Å². The van der Waals surface area contributed by atoms with Gasteiger partial charge in [-0.3, -0.25) is 4.79 Å². The van der Waals surface area contributed by atoms with Gasteiger partial charge in [-0.15, -0.1) is 0 Å². The molecule has 1 atom stereocenters. The van der Waals surface area contributed by atoms with Gasteiger partial charge in [-0.2, -0.15) is 0 Å². The summed E-state index contributed by atoms with van der Waals surface area (Å²) >= 11 is 0. The topological polar surface area (TPSA) is 40.5 Å².